The number of nitrogens with zero attached hydrogens (tertiary/aromatic N) is 2. The monoisotopic (exact) mass is 481 g/mol. The molecule has 2 aromatic heterocycles. The van der Waals surface area contributed by atoms with Crippen LogP contribution in [0.1, 0.15) is 11.3 Å². The second-order valence-electron chi connectivity index (χ2n) is 7.82. The van der Waals surface area contributed by atoms with E-state index in [1.54, 1.807) is 41.7 Å². The lowest BCUT2D eigenvalue weighted by molar-refractivity contribution is -0.384. The zero-order chi connectivity index (χ0) is 24.4. The number of fused-ring (bicyclic) bond motifs is 1. The van der Waals surface area contributed by atoms with Crippen LogP contribution in [0.3, 0.4) is 0 Å². The van der Waals surface area contributed by atoms with Crippen LogP contribution in [-0.4, -0.2) is 15.8 Å². The van der Waals surface area contributed by atoms with E-state index in [2.05, 4.69) is 5.32 Å². The maximum atomic E-state index is 12.6. The average molecular weight is 482 g/mol. The molecule has 0 saturated heterocycles. The fourth-order valence-corrected chi connectivity index (χ4v) is 4.61. The highest BCUT2D eigenvalue weighted by molar-refractivity contribution is 7.21. The molecule has 35 heavy (non-hydrogen) atoms. The van der Waals surface area contributed by atoms with Gasteiger partial charge in [0.25, 0.3) is 5.69 Å². The number of carbonyl (C=O) groups is 1. The minimum Gasteiger partial charge on any atom is -0.456 e. The van der Waals surface area contributed by atoms with Crippen molar-refractivity contribution in [1.82, 2.24) is 4.98 Å². The number of aryl methyl sites for hydroxylation is 1. The predicted molar refractivity (Wildman–Crippen MR) is 138 cm³/mol. The Balaban J connectivity index is 1.32. The van der Waals surface area contributed by atoms with E-state index in [9.17, 15) is 14.9 Å². The van der Waals surface area contributed by atoms with Gasteiger partial charge in [0, 0.05) is 23.4 Å². The number of thiazole rings is 1. The summed E-state index contributed by atoms with van der Waals surface area (Å²) in [6.07, 6.45) is 2.89. The molecule has 0 atom stereocenters. The van der Waals surface area contributed by atoms with Gasteiger partial charge in [0.2, 0.25) is 5.91 Å². The van der Waals surface area contributed by atoms with Crippen LogP contribution in [0.4, 0.5) is 11.4 Å². The van der Waals surface area contributed by atoms with Crippen LogP contribution in [0.15, 0.2) is 89.4 Å². The van der Waals surface area contributed by atoms with Crippen LogP contribution < -0.4 is 5.32 Å². The first kappa shape index (κ1) is 22.2. The van der Waals surface area contributed by atoms with Crippen LogP contribution >= 0.6 is 11.3 Å². The van der Waals surface area contributed by atoms with Crippen LogP contribution in [0.5, 0.6) is 0 Å². The fraction of sp³-hybridized carbons (Fsp3) is 0.0370. The van der Waals surface area contributed by atoms with Crippen molar-refractivity contribution in [2.45, 2.75) is 6.92 Å². The number of hydrogen-bond donors (Lipinski definition) is 1. The maximum Gasteiger partial charge on any atom is 0.280 e. The Bertz CT molecular complexity index is 1570. The van der Waals surface area contributed by atoms with Gasteiger partial charge in [0.1, 0.15) is 16.5 Å². The third-order valence-electron chi connectivity index (χ3n) is 5.43. The average Bonchev–Trinajstić information content (AvgIpc) is 3.51. The van der Waals surface area contributed by atoms with Crippen molar-refractivity contribution in [3.8, 4) is 21.9 Å². The molecule has 0 aliphatic carbocycles. The van der Waals surface area contributed by atoms with Gasteiger partial charge in [-0.15, -0.1) is 11.3 Å². The van der Waals surface area contributed by atoms with Crippen molar-refractivity contribution in [2.24, 2.45) is 0 Å². The van der Waals surface area contributed by atoms with Gasteiger partial charge >= 0.3 is 0 Å². The Hall–Kier alpha value is -4.56. The van der Waals surface area contributed by atoms with Gasteiger partial charge in [0.15, 0.2) is 0 Å². The van der Waals surface area contributed by atoms with E-state index >= 15 is 0 Å². The quantitative estimate of drug-likeness (QED) is 0.159. The summed E-state index contributed by atoms with van der Waals surface area (Å²) in [6.45, 7) is 1.92. The number of benzene rings is 3. The third-order valence-corrected chi connectivity index (χ3v) is 6.51. The Kier molecular flexibility index (Phi) is 5.95. The summed E-state index contributed by atoms with van der Waals surface area (Å²) in [6, 6.07) is 23.5. The number of rotatable bonds is 6. The molecule has 3 aromatic carbocycles. The lowest BCUT2D eigenvalue weighted by Gasteiger charge is -2.08. The van der Waals surface area contributed by atoms with Gasteiger partial charge in [-0.05, 0) is 55.0 Å². The van der Waals surface area contributed by atoms with Crippen molar-refractivity contribution < 1.29 is 14.1 Å². The summed E-state index contributed by atoms with van der Waals surface area (Å²) in [4.78, 5) is 28.1. The lowest BCUT2D eigenvalue weighted by atomic mass is 10.1. The van der Waals surface area contributed by atoms with Gasteiger partial charge in [0.05, 0.1) is 20.7 Å². The Labute approximate surface area is 204 Å². The number of nitro benzene ring substituents is 1. The molecule has 7 nitrogen and oxygen atoms in total. The molecule has 2 heterocycles. The highest BCUT2D eigenvalue weighted by Gasteiger charge is 2.17. The van der Waals surface area contributed by atoms with E-state index in [1.165, 1.54) is 18.2 Å². The molecule has 0 radical (unpaired) electrons. The van der Waals surface area contributed by atoms with Gasteiger partial charge in [-0.3, -0.25) is 14.9 Å². The van der Waals surface area contributed by atoms with E-state index in [0.717, 1.165) is 26.4 Å². The second kappa shape index (κ2) is 9.36. The molecule has 0 spiro atoms. The predicted octanol–water partition coefficient (Wildman–Crippen LogP) is 7.09. The minimum absolute atomic E-state index is 0.0430. The lowest BCUT2D eigenvalue weighted by Crippen LogP contribution is -2.09. The maximum absolute atomic E-state index is 12.6. The number of anilines is 1. The first-order valence-electron chi connectivity index (χ1n) is 10.8. The first-order valence-corrected chi connectivity index (χ1v) is 11.6. The molecule has 0 unspecified atom stereocenters. The first-order chi connectivity index (χ1) is 17.0. The largest absolute Gasteiger partial charge is 0.456 e. The number of furan rings is 1. The standard InChI is InChI=1S/C27H19N3O4S/c1-17-10-11-18(27-29-21-7-3-5-9-25(21)35-27)16-22(17)28-26(31)15-13-19-12-14-24(34-19)20-6-2-4-8-23(20)30(32)33/h2-16H,1H3,(H,28,31). The van der Waals surface area contributed by atoms with E-state index in [-0.39, 0.29) is 11.6 Å². The smallest absolute Gasteiger partial charge is 0.280 e. The molecule has 5 rings (SSSR count). The molecule has 0 bridgehead atoms. The van der Waals surface area contributed by atoms with Crippen LogP contribution in [0.2, 0.25) is 0 Å². The Morgan fingerprint density at radius 3 is 2.69 bits per heavy atom. The highest BCUT2D eigenvalue weighted by atomic mass is 32.1. The number of hydrogen-bond acceptors (Lipinski definition) is 6. The SMILES string of the molecule is Cc1ccc(-c2nc3ccccc3s2)cc1NC(=O)C=Cc1ccc(-c2ccccc2[N+](=O)[O-])o1. The van der Waals surface area contributed by atoms with E-state index in [1.807, 2.05) is 49.4 Å². The molecule has 172 valence electrons. The van der Waals surface area contributed by atoms with Gasteiger partial charge in [-0.1, -0.05) is 36.4 Å². The van der Waals surface area contributed by atoms with Crippen molar-refractivity contribution in [1.29, 1.82) is 0 Å². The number of carbonyl (C=O) groups excluding carboxylic acids is 1. The Morgan fingerprint density at radius 2 is 1.86 bits per heavy atom. The van der Waals surface area contributed by atoms with Crippen LogP contribution in [0, 0.1) is 17.0 Å². The molecule has 5 aromatic rings. The van der Waals surface area contributed by atoms with Gasteiger partial charge < -0.3 is 9.73 Å². The third kappa shape index (κ3) is 4.73. The molecule has 0 aliphatic heterocycles. The molecular weight excluding hydrogens is 462 g/mol. The number of para-hydroxylation sites is 2. The molecule has 1 amide bonds. The zero-order valence-electron chi connectivity index (χ0n) is 18.6. The normalized spacial score (nSPS) is 11.2. The summed E-state index contributed by atoms with van der Waals surface area (Å²) in [5, 5.41) is 15.1. The van der Waals surface area contributed by atoms with Crippen molar-refractivity contribution in [2.75, 3.05) is 5.32 Å². The number of amides is 1. The van der Waals surface area contributed by atoms with Gasteiger partial charge in [-0.25, -0.2) is 4.98 Å². The van der Waals surface area contributed by atoms with Crippen molar-refractivity contribution >= 4 is 44.9 Å². The number of nitro groups is 1. The van der Waals surface area contributed by atoms with Crippen molar-refractivity contribution in [3.63, 3.8) is 0 Å². The van der Waals surface area contributed by atoms with E-state index < -0.39 is 4.92 Å². The summed E-state index contributed by atoms with van der Waals surface area (Å²) in [5.41, 5.74) is 3.82. The molecular formula is C27H19N3O4S. The second-order valence-corrected chi connectivity index (χ2v) is 8.85. The van der Waals surface area contributed by atoms with E-state index in [4.69, 9.17) is 9.40 Å². The molecule has 8 heteroatoms. The van der Waals surface area contributed by atoms with Crippen LogP contribution in [0.25, 0.3) is 38.2 Å². The molecule has 0 aliphatic rings. The zero-order valence-corrected chi connectivity index (χ0v) is 19.4. The topological polar surface area (TPSA) is 98.3 Å². The Morgan fingerprint density at radius 1 is 1.06 bits per heavy atom. The summed E-state index contributed by atoms with van der Waals surface area (Å²) >= 11 is 1.60. The number of aromatic nitrogens is 1. The number of nitrogens with one attached hydrogen (secondary N) is 1. The molecule has 0 saturated carbocycles. The summed E-state index contributed by atoms with van der Waals surface area (Å²) < 4.78 is 6.82. The molecule has 1 N–H and O–H groups in total. The van der Waals surface area contributed by atoms with Crippen LogP contribution in [-0.2, 0) is 4.79 Å². The highest BCUT2D eigenvalue weighted by Crippen LogP contribution is 2.33. The molecule has 0 fully saturated rings. The minimum atomic E-state index is -0.453. The summed E-state index contributed by atoms with van der Waals surface area (Å²) in [7, 11) is 0. The van der Waals surface area contributed by atoms with Gasteiger partial charge in [-0.2, -0.15) is 0 Å². The van der Waals surface area contributed by atoms with Crippen molar-refractivity contribution in [3.05, 3.63) is 106 Å². The fourth-order valence-electron chi connectivity index (χ4n) is 3.65. The summed E-state index contributed by atoms with van der Waals surface area (Å²) in [5.74, 6) is 0.447. The van der Waals surface area contributed by atoms with E-state index in [0.29, 0.717) is 22.8 Å².